The number of anilines is 2. The minimum Gasteiger partial charge on any atom is -0.467 e. The Hall–Kier alpha value is -3.69. The van der Waals surface area contributed by atoms with Crippen molar-refractivity contribution in [2.45, 2.75) is 32.1 Å². The van der Waals surface area contributed by atoms with Gasteiger partial charge < -0.3 is 14.6 Å². The Morgan fingerprint density at radius 2 is 1.83 bits per heavy atom. The number of nitrogens with one attached hydrogen (secondary N) is 1. The molecular weight excluding hydrogens is 500 g/mol. The van der Waals surface area contributed by atoms with E-state index in [1.807, 2.05) is 49.1 Å². The lowest BCUT2D eigenvalue weighted by Crippen LogP contribution is -2.27. The molecule has 4 aromatic rings. The number of aromatic nitrogens is 2. The van der Waals surface area contributed by atoms with E-state index in [0.717, 1.165) is 22.9 Å². The van der Waals surface area contributed by atoms with Gasteiger partial charge in [-0.25, -0.2) is 18.4 Å². The van der Waals surface area contributed by atoms with Crippen molar-refractivity contribution >= 4 is 38.7 Å². The van der Waals surface area contributed by atoms with Crippen molar-refractivity contribution in [1.82, 2.24) is 9.97 Å². The van der Waals surface area contributed by atoms with Gasteiger partial charge in [0.2, 0.25) is 15.0 Å². The van der Waals surface area contributed by atoms with E-state index in [9.17, 15) is 13.2 Å². The van der Waals surface area contributed by atoms with Crippen LogP contribution in [0.1, 0.15) is 32.9 Å². The minimum absolute atomic E-state index is 0.0826. The minimum atomic E-state index is -3.76. The zero-order chi connectivity index (χ0) is 25.9. The number of carbonyl (C=O) groups excluding carboxylic acids is 1. The number of carbonyl (C=O) groups is 1. The molecule has 1 N–H and O–H groups in total. The second kappa shape index (κ2) is 10.5. The summed E-state index contributed by atoms with van der Waals surface area (Å²) in [5.74, 6) is 0.0662. The second-order valence-electron chi connectivity index (χ2n) is 8.50. The van der Waals surface area contributed by atoms with Gasteiger partial charge in [0.15, 0.2) is 5.69 Å². The molecule has 0 radical (unpaired) electrons. The first-order valence-electron chi connectivity index (χ1n) is 11.1. The molecule has 10 heteroatoms. The summed E-state index contributed by atoms with van der Waals surface area (Å²) < 4.78 is 30.0. The van der Waals surface area contributed by atoms with Crippen LogP contribution in [0.2, 0.25) is 5.02 Å². The van der Waals surface area contributed by atoms with Crippen LogP contribution in [0.5, 0.6) is 0 Å². The van der Waals surface area contributed by atoms with Crippen molar-refractivity contribution in [2.24, 2.45) is 0 Å². The van der Waals surface area contributed by atoms with Crippen molar-refractivity contribution in [3.63, 3.8) is 0 Å². The fraction of sp³-hybridized carbons (Fsp3) is 0.192. The maximum Gasteiger partial charge on any atom is 0.276 e. The predicted octanol–water partition coefficient (Wildman–Crippen LogP) is 5.20. The van der Waals surface area contributed by atoms with Crippen LogP contribution < -0.4 is 10.2 Å². The summed E-state index contributed by atoms with van der Waals surface area (Å²) in [4.78, 5) is 23.5. The molecule has 2 heterocycles. The molecule has 0 bridgehead atoms. The van der Waals surface area contributed by atoms with E-state index >= 15 is 0 Å². The van der Waals surface area contributed by atoms with Gasteiger partial charge in [0.1, 0.15) is 5.76 Å². The Bertz CT molecular complexity index is 1490. The van der Waals surface area contributed by atoms with Crippen molar-refractivity contribution in [3.8, 4) is 0 Å². The third-order valence-corrected chi connectivity index (χ3v) is 6.75. The number of hydrogen-bond acceptors (Lipinski definition) is 7. The van der Waals surface area contributed by atoms with Crippen LogP contribution in [0.4, 0.5) is 11.4 Å². The molecule has 0 saturated carbocycles. The summed E-state index contributed by atoms with van der Waals surface area (Å²) in [7, 11) is -3.76. The lowest BCUT2D eigenvalue weighted by atomic mass is 10.1. The molecule has 1 amide bonds. The third-order valence-electron chi connectivity index (χ3n) is 5.49. The average Bonchev–Trinajstić information content (AvgIpc) is 3.34. The molecule has 0 aliphatic carbocycles. The Morgan fingerprint density at radius 3 is 2.47 bits per heavy atom. The van der Waals surface area contributed by atoms with Crippen molar-refractivity contribution in [2.75, 3.05) is 16.5 Å². The highest BCUT2D eigenvalue weighted by Crippen LogP contribution is 2.26. The van der Waals surface area contributed by atoms with Gasteiger partial charge in [-0.05, 0) is 49.2 Å². The largest absolute Gasteiger partial charge is 0.467 e. The second-order valence-corrected chi connectivity index (χ2v) is 10.8. The molecule has 0 atom stereocenters. The van der Waals surface area contributed by atoms with E-state index in [0.29, 0.717) is 35.2 Å². The summed E-state index contributed by atoms with van der Waals surface area (Å²) in [6.45, 7) is 4.56. The highest BCUT2D eigenvalue weighted by molar-refractivity contribution is 7.90. The van der Waals surface area contributed by atoms with E-state index in [4.69, 9.17) is 16.0 Å². The number of benzene rings is 2. The van der Waals surface area contributed by atoms with Gasteiger partial charge in [0.25, 0.3) is 5.91 Å². The number of nitrogens with zero attached hydrogens (tertiary/aromatic N) is 3. The molecule has 0 aliphatic rings. The number of sulfone groups is 1. The van der Waals surface area contributed by atoms with Crippen LogP contribution in [-0.2, 0) is 22.9 Å². The molecule has 36 heavy (non-hydrogen) atoms. The monoisotopic (exact) mass is 524 g/mol. The lowest BCUT2D eigenvalue weighted by Gasteiger charge is -2.25. The topological polar surface area (TPSA) is 105 Å². The van der Waals surface area contributed by atoms with Crippen LogP contribution in [0.3, 0.4) is 0 Å². The van der Waals surface area contributed by atoms with Gasteiger partial charge in [0, 0.05) is 23.5 Å². The van der Waals surface area contributed by atoms with Gasteiger partial charge in [-0.3, -0.25) is 4.79 Å². The molecule has 0 unspecified atom stereocenters. The first-order chi connectivity index (χ1) is 17.1. The van der Waals surface area contributed by atoms with E-state index in [2.05, 4.69) is 15.3 Å². The summed E-state index contributed by atoms with van der Waals surface area (Å²) in [6.07, 6.45) is 3.92. The predicted molar refractivity (Wildman–Crippen MR) is 139 cm³/mol. The molecule has 2 aromatic heterocycles. The van der Waals surface area contributed by atoms with Gasteiger partial charge in [-0.15, -0.1) is 0 Å². The van der Waals surface area contributed by atoms with Gasteiger partial charge in [-0.1, -0.05) is 47.5 Å². The Kier molecular flexibility index (Phi) is 7.42. The molecule has 0 aliphatic heterocycles. The van der Waals surface area contributed by atoms with Crippen LogP contribution in [0.25, 0.3) is 0 Å². The highest BCUT2D eigenvalue weighted by Gasteiger charge is 2.24. The molecule has 2 aromatic carbocycles. The summed E-state index contributed by atoms with van der Waals surface area (Å²) in [6, 6.07) is 16.7. The fourth-order valence-corrected chi connectivity index (χ4v) is 4.21. The number of hydrogen-bond donors (Lipinski definition) is 1. The average molecular weight is 525 g/mol. The fourth-order valence-electron chi connectivity index (χ4n) is 3.53. The first kappa shape index (κ1) is 25.4. The molecule has 186 valence electrons. The number of aryl methyl sites for hydroxylation is 2. The zero-order valence-corrected chi connectivity index (χ0v) is 21.6. The molecule has 4 rings (SSSR count). The van der Waals surface area contributed by atoms with Gasteiger partial charge in [-0.2, -0.15) is 0 Å². The smallest absolute Gasteiger partial charge is 0.276 e. The quantitative estimate of drug-likeness (QED) is 0.316. The number of halogens is 1. The summed E-state index contributed by atoms with van der Waals surface area (Å²) >= 11 is 6.22. The van der Waals surface area contributed by atoms with Gasteiger partial charge in [0.05, 0.1) is 24.7 Å². The van der Waals surface area contributed by atoms with Crippen molar-refractivity contribution in [1.29, 1.82) is 0 Å². The lowest BCUT2D eigenvalue weighted by molar-refractivity contribution is 0.102. The van der Waals surface area contributed by atoms with Crippen LogP contribution in [0.15, 0.2) is 76.6 Å². The molecule has 8 nitrogen and oxygen atoms in total. The number of rotatable bonds is 8. The van der Waals surface area contributed by atoms with E-state index < -0.39 is 20.9 Å². The number of furan rings is 1. The Labute approximate surface area is 214 Å². The molecule has 0 fully saturated rings. The normalized spacial score (nSPS) is 11.3. The van der Waals surface area contributed by atoms with Gasteiger partial charge >= 0.3 is 0 Å². The van der Waals surface area contributed by atoms with Crippen LogP contribution in [-0.4, -0.2) is 30.5 Å². The molecule has 0 saturated heterocycles. The van der Waals surface area contributed by atoms with Crippen LogP contribution >= 0.6 is 11.6 Å². The SMILES string of the molecule is Cc1ccc(CN(Cc2ccco2)c2cnc(S(C)(=O)=O)nc2C(=O)Nc2ccc(C)c(Cl)c2)cc1. The summed E-state index contributed by atoms with van der Waals surface area (Å²) in [5, 5.41) is 2.83. The maximum absolute atomic E-state index is 13.4. The zero-order valence-electron chi connectivity index (χ0n) is 20.0. The van der Waals surface area contributed by atoms with E-state index in [1.54, 1.807) is 30.5 Å². The van der Waals surface area contributed by atoms with E-state index in [1.165, 1.54) is 6.20 Å². The Morgan fingerprint density at radius 1 is 1.08 bits per heavy atom. The van der Waals surface area contributed by atoms with Crippen molar-refractivity contribution < 1.29 is 17.6 Å². The van der Waals surface area contributed by atoms with Crippen LogP contribution in [0, 0.1) is 13.8 Å². The first-order valence-corrected chi connectivity index (χ1v) is 13.3. The molecule has 0 spiro atoms. The summed E-state index contributed by atoms with van der Waals surface area (Å²) in [5.41, 5.74) is 3.69. The maximum atomic E-state index is 13.4. The standard InChI is InChI=1S/C26H25ClN4O4S/c1-17-6-9-19(10-7-17)15-31(16-21-5-4-12-35-21)23-14-28-26(36(3,33)34)30-24(23)25(32)29-20-11-8-18(2)22(27)13-20/h4-14H,15-16H2,1-3H3,(H,29,32). The van der Waals surface area contributed by atoms with Crippen molar-refractivity contribution in [3.05, 3.63) is 100 Å². The highest BCUT2D eigenvalue weighted by atomic mass is 35.5. The van der Waals surface area contributed by atoms with E-state index in [-0.39, 0.29) is 5.69 Å². The molecular formula is C26H25ClN4O4S. The number of amides is 1. The Balaban J connectivity index is 1.78. The third kappa shape index (κ3) is 6.10.